The number of benzene rings is 1. The Bertz CT molecular complexity index is 364. The summed E-state index contributed by atoms with van der Waals surface area (Å²) >= 11 is 2.30. The van der Waals surface area contributed by atoms with Gasteiger partial charge in [0.2, 0.25) is 0 Å². The first-order chi connectivity index (χ1) is 6.34. The monoisotopic (exact) mass is 284 g/mol. The second-order valence-corrected chi connectivity index (χ2v) is 4.08. The van der Waals surface area contributed by atoms with Crippen LogP contribution in [0.2, 0.25) is 0 Å². The quantitative estimate of drug-likeness (QED) is 0.775. The minimum atomic E-state index is 0.851. The minimum Gasteiger partial charge on any atom is -0.268 e. The van der Waals surface area contributed by atoms with Crippen molar-refractivity contribution in [3.05, 3.63) is 51.9 Å². The highest BCUT2D eigenvalue weighted by Gasteiger charge is 1.93. The van der Waals surface area contributed by atoms with Gasteiger partial charge in [0, 0.05) is 16.0 Å². The molecule has 2 aromatic rings. The molecule has 0 radical (unpaired) electrons. The van der Waals surface area contributed by atoms with Crippen molar-refractivity contribution in [2.75, 3.05) is 0 Å². The fraction of sp³-hybridized carbons (Fsp3) is 0.100. The Hall–Kier alpha value is -0.840. The fourth-order valence-electron chi connectivity index (χ4n) is 1.17. The average Bonchev–Trinajstić information content (AvgIpc) is 2.62. The summed E-state index contributed by atoms with van der Waals surface area (Å²) in [5, 5.41) is 4.15. The van der Waals surface area contributed by atoms with Crippen molar-refractivity contribution in [3.63, 3.8) is 0 Å². The van der Waals surface area contributed by atoms with E-state index in [2.05, 4.69) is 52.0 Å². The summed E-state index contributed by atoms with van der Waals surface area (Å²) in [4.78, 5) is 0. The van der Waals surface area contributed by atoms with E-state index in [1.807, 2.05) is 16.9 Å². The molecule has 0 aliphatic carbocycles. The molecule has 0 saturated heterocycles. The molecule has 3 heteroatoms. The highest BCUT2D eigenvalue weighted by atomic mass is 127. The molecule has 0 saturated carbocycles. The van der Waals surface area contributed by atoms with Crippen LogP contribution in [0.25, 0.3) is 0 Å². The molecule has 2 rings (SSSR count). The first-order valence-corrected chi connectivity index (χ1v) is 5.14. The van der Waals surface area contributed by atoms with Gasteiger partial charge in [-0.2, -0.15) is 5.10 Å². The molecule has 0 spiro atoms. The van der Waals surface area contributed by atoms with Crippen LogP contribution in [0.5, 0.6) is 0 Å². The lowest BCUT2D eigenvalue weighted by molar-refractivity contribution is 0.687. The largest absolute Gasteiger partial charge is 0.268 e. The van der Waals surface area contributed by atoms with Crippen LogP contribution < -0.4 is 0 Å². The van der Waals surface area contributed by atoms with E-state index >= 15 is 0 Å². The van der Waals surface area contributed by atoms with Gasteiger partial charge >= 0.3 is 0 Å². The minimum absolute atomic E-state index is 0.851. The van der Waals surface area contributed by atoms with Gasteiger partial charge in [-0.1, -0.05) is 12.1 Å². The van der Waals surface area contributed by atoms with E-state index < -0.39 is 0 Å². The number of nitrogens with zero attached hydrogens (tertiary/aromatic N) is 2. The van der Waals surface area contributed by atoms with Crippen molar-refractivity contribution in [1.82, 2.24) is 9.78 Å². The molecule has 1 aromatic carbocycles. The van der Waals surface area contributed by atoms with Gasteiger partial charge in [-0.25, -0.2) is 0 Å². The van der Waals surface area contributed by atoms with Gasteiger partial charge in [0.25, 0.3) is 0 Å². The van der Waals surface area contributed by atoms with Crippen molar-refractivity contribution >= 4 is 22.6 Å². The zero-order chi connectivity index (χ0) is 9.10. The second-order valence-electron chi connectivity index (χ2n) is 2.83. The molecule has 0 aliphatic rings. The van der Waals surface area contributed by atoms with Crippen LogP contribution in [0, 0.1) is 3.57 Å². The summed E-state index contributed by atoms with van der Waals surface area (Å²) < 4.78 is 3.18. The van der Waals surface area contributed by atoms with Crippen LogP contribution in [-0.2, 0) is 6.54 Å². The van der Waals surface area contributed by atoms with E-state index in [0.717, 1.165) is 6.54 Å². The van der Waals surface area contributed by atoms with E-state index in [1.165, 1.54) is 9.13 Å². The molecule has 13 heavy (non-hydrogen) atoms. The Kier molecular flexibility index (Phi) is 2.63. The molecule has 0 fully saturated rings. The topological polar surface area (TPSA) is 17.8 Å². The van der Waals surface area contributed by atoms with E-state index in [-0.39, 0.29) is 0 Å². The first kappa shape index (κ1) is 8.74. The predicted octanol–water partition coefficient (Wildman–Crippen LogP) is 2.54. The molecule has 0 N–H and O–H groups in total. The lowest BCUT2D eigenvalue weighted by Gasteiger charge is -2.01. The van der Waals surface area contributed by atoms with Crippen LogP contribution in [0.4, 0.5) is 0 Å². The highest BCUT2D eigenvalue weighted by Crippen LogP contribution is 2.07. The van der Waals surface area contributed by atoms with E-state index in [9.17, 15) is 0 Å². The van der Waals surface area contributed by atoms with E-state index in [0.29, 0.717) is 0 Å². The molecule has 2 nitrogen and oxygen atoms in total. The maximum Gasteiger partial charge on any atom is 0.0659 e. The Morgan fingerprint density at radius 3 is 2.62 bits per heavy atom. The molecule has 0 amide bonds. The van der Waals surface area contributed by atoms with Gasteiger partial charge in [0.05, 0.1) is 6.54 Å². The molecule has 1 aromatic heterocycles. The Labute approximate surface area is 90.7 Å². The first-order valence-electron chi connectivity index (χ1n) is 4.06. The van der Waals surface area contributed by atoms with Crippen LogP contribution in [0.1, 0.15) is 5.56 Å². The Morgan fingerprint density at radius 1 is 1.23 bits per heavy atom. The van der Waals surface area contributed by atoms with Crippen LogP contribution in [-0.4, -0.2) is 9.78 Å². The third-order valence-corrected chi connectivity index (χ3v) is 2.54. The summed E-state index contributed by atoms with van der Waals surface area (Å²) in [6, 6.07) is 10.4. The summed E-state index contributed by atoms with van der Waals surface area (Å²) in [6.07, 6.45) is 3.77. The Balaban J connectivity index is 2.15. The highest BCUT2D eigenvalue weighted by molar-refractivity contribution is 14.1. The van der Waals surface area contributed by atoms with Crippen molar-refractivity contribution < 1.29 is 0 Å². The molecule has 0 atom stereocenters. The third-order valence-electron chi connectivity index (χ3n) is 1.82. The lowest BCUT2D eigenvalue weighted by Crippen LogP contribution is -1.99. The predicted molar refractivity (Wildman–Crippen MR) is 60.5 cm³/mol. The lowest BCUT2D eigenvalue weighted by atomic mass is 10.2. The van der Waals surface area contributed by atoms with E-state index in [1.54, 1.807) is 6.20 Å². The molecule has 1 heterocycles. The normalized spacial score (nSPS) is 10.2. The molecule has 0 bridgehead atoms. The van der Waals surface area contributed by atoms with Crippen LogP contribution in [0.15, 0.2) is 42.7 Å². The SMILES string of the molecule is Ic1ccc(Cn2cccn2)cc1. The van der Waals surface area contributed by atoms with Gasteiger partial charge in [-0.3, -0.25) is 4.68 Å². The molecular weight excluding hydrogens is 275 g/mol. The summed E-state index contributed by atoms with van der Waals surface area (Å²) in [5.74, 6) is 0. The molecule has 66 valence electrons. The average molecular weight is 284 g/mol. The molecule has 0 aliphatic heterocycles. The third kappa shape index (κ3) is 2.30. The smallest absolute Gasteiger partial charge is 0.0659 e. The van der Waals surface area contributed by atoms with Crippen molar-refractivity contribution in [2.24, 2.45) is 0 Å². The number of hydrogen-bond donors (Lipinski definition) is 0. The van der Waals surface area contributed by atoms with Crippen LogP contribution in [0.3, 0.4) is 0 Å². The zero-order valence-electron chi connectivity index (χ0n) is 7.02. The summed E-state index contributed by atoms with van der Waals surface area (Å²) in [6.45, 7) is 0.851. The molecule has 0 unspecified atom stereocenters. The number of halogens is 1. The second kappa shape index (κ2) is 3.91. The maximum atomic E-state index is 4.15. The van der Waals surface area contributed by atoms with Crippen molar-refractivity contribution in [3.8, 4) is 0 Å². The van der Waals surface area contributed by atoms with Crippen LogP contribution >= 0.6 is 22.6 Å². The van der Waals surface area contributed by atoms with Gasteiger partial charge in [-0.05, 0) is 46.4 Å². The Morgan fingerprint density at radius 2 is 2.00 bits per heavy atom. The number of aromatic nitrogens is 2. The summed E-state index contributed by atoms with van der Waals surface area (Å²) in [7, 11) is 0. The number of rotatable bonds is 2. The number of hydrogen-bond acceptors (Lipinski definition) is 1. The van der Waals surface area contributed by atoms with E-state index in [4.69, 9.17) is 0 Å². The van der Waals surface area contributed by atoms with Gasteiger partial charge in [0.1, 0.15) is 0 Å². The van der Waals surface area contributed by atoms with Gasteiger partial charge in [-0.15, -0.1) is 0 Å². The van der Waals surface area contributed by atoms with Crippen molar-refractivity contribution in [1.29, 1.82) is 0 Å². The standard InChI is InChI=1S/C10H9IN2/c11-10-4-2-9(3-5-10)8-13-7-1-6-12-13/h1-7H,8H2. The van der Waals surface area contributed by atoms with Gasteiger partial charge in [0.15, 0.2) is 0 Å². The van der Waals surface area contributed by atoms with Crippen molar-refractivity contribution in [2.45, 2.75) is 6.54 Å². The maximum absolute atomic E-state index is 4.15. The summed E-state index contributed by atoms with van der Waals surface area (Å²) in [5.41, 5.74) is 1.28. The zero-order valence-corrected chi connectivity index (χ0v) is 9.18. The fourth-order valence-corrected chi connectivity index (χ4v) is 1.53. The van der Waals surface area contributed by atoms with Gasteiger partial charge < -0.3 is 0 Å². The molecular formula is C10H9IN2.